The van der Waals surface area contributed by atoms with Gasteiger partial charge in [0.2, 0.25) is 0 Å². The molecule has 2 aliphatic rings. The van der Waals surface area contributed by atoms with Crippen LogP contribution in [0.25, 0.3) is 0 Å². The maximum absolute atomic E-state index is 6.23. The van der Waals surface area contributed by atoms with Crippen LogP contribution in [-0.2, 0) is 0 Å². The van der Waals surface area contributed by atoms with Crippen molar-refractivity contribution in [1.29, 1.82) is 0 Å². The van der Waals surface area contributed by atoms with Gasteiger partial charge in [0.25, 0.3) is 0 Å². The van der Waals surface area contributed by atoms with Crippen molar-refractivity contribution in [2.75, 3.05) is 13.6 Å². The molecule has 5 atom stereocenters. The number of likely N-dealkylation sites (N-methyl/N-ethyl adjacent to an activating group) is 1. The molecule has 15 heavy (non-hydrogen) atoms. The second-order valence-electron chi connectivity index (χ2n) is 6.06. The average Bonchev–Trinajstić information content (AvgIpc) is 2.86. The number of nitrogens with two attached hydrogens (primary N) is 1. The Labute approximate surface area is 94.2 Å². The molecule has 2 saturated carbocycles. The molecule has 2 nitrogen and oxygen atoms in total. The van der Waals surface area contributed by atoms with Crippen LogP contribution in [0.5, 0.6) is 0 Å². The van der Waals surface area contributed by atoms with Crippen molar-refractivity contribution in [3.63, 3.8) is 0 Å². The maximum Gasteiger partial charge on any atom is 0.0246 e. The van der Waals surface area contributed by atoms with Crippen LogP contribution in [0.3, 0.4) is 0 Å². The Bertz CT molecular complexity index is 217. The fraction of sp³-hybridized carbons (Fsp3) is 1.00. The van der Waals surface area contributed by atoms with Gasteiger partial charge in [0.1, 0.15) is 0 Å². The van der Waals surface area contributed by atoms with E-state index < -0.39 is 0 Å². The van der Waals surface area contributed by atoms with Crippen molar-refractivity contribution in [3.05, 3.63) is 0 Å². The minimum absolute atomic E-state index is 0.417. The smallest absolute Gasteiger partial charge is 0.0246 e. The Kier molecular flexibility index (Phi) is 3.36. The van der Waals surface area contributed by atoms with E-state index in [4.69, 9.17) is 5.73 Å². The molecular weight excluding hydrogens is 184 g/mol. The van der Waals surface area contributed by atoms with Gasteiger partial charge in [0.05, 0.1) is 0 Å². The average molecular weight is 210 g/mol. The summed E-state index contributed by atoms with van der Waals surface area (Å²) < 4.78 is 0. The second kappa shape index (κ2) is 4.42. The highest BCUT2D eigenvalue weighted by molar-refractivity contribution is 4.91. The Hall–Kier alpha value is -0.0800. The first-order valence-electron chi connectivity index (χ1n) is 6.53. The monoisotopic (exact) mass is 210 g/mol. The predicted octanol–water partition coefficient (Wildman–Crippen LogP) is 2.09. The van der Waals surface area contributed by atoms with E-state index in [1.54, 1.807) is 0 Å². The zero-order valence-corrected chi connectivity index (χ0v) is 10.4. The summed E-state index contributed by atoms with van der Waals surface area (Å²) in [5.41, 5.74) is 6.23. The van der Waals surface area contributed by atoms with Crippen molar-refractivity contribution < 1.29 is 0 Å². The van der Waals surface area contributed by atoms with Crippen LogP contribution in [-0.4, -0.2) is 30.6 Å². The van der Waals surface area contributed by atoms with E-state index in [9.17, 15) is 0 Å². The summed E-state index contributed by atoms with van der Waals surface area (Å²) in [5.74, 6) is 2.79. The van der Waals surface area contributed by atoms with Crippen molar-refractivity contribution in [1.82, 2.24) is 4.90 Å². The first kappa shape index (κ1) is 11.4. The largest absolute Gasteiger partial charge is 0.326 e. The molecule has 0 aromatic heterocycles. The second-order valence-corrected chi connectivity index (χ2v) is 6.06. The Morgan fingerprint density at radius 1 is 1.20 bits per heavy atom. The fourth-order valence-electron chi connectivity index (χ4n) is 3.04. The van der Waals surface area contributed by atoms with Crippen molar-refractivity contribution in [2.24, 2.45) is 23.5 Å². The first-order valence-corrected chi connectivity index (χ1v) is 6.53. The number of rotatable bonds is 3. The molecule has 0 spiro atoms. The molecular formula is C13H26N2. The molecule has 0 radical (unpaired) electrons. The Morgan fingerprint density at radius 3 is 2.47 bits per heavy atom. The van der Waals surface area contributed by atoms with E-state index in [1.165, 1.54) is 32.2 Å². The molecule has 2 rings (SSSR count). The molecule has 2 aliphatic carbocycles. The SMILES string of the molecule is CC1CCC(N)C(N(C)CC2CC2C)C1. The summed E-state index contributed by atoms with van der Waals surface area (Å²) in [6.45, 7) is 6.00. The molecule has 0 amide bonds. The molecule has 5 unspecified atom stereocenters. The molecule has 0 saturated heterocycles. The van der Waals surface area contributed by atoms with Crippen LogP contribution < -0.4 is 5.73 Å². The van der Waals surface area contributed by atoms with Gasteiger partial charge < -0.3 is 10.6 Å². The zero-order valence-electron chi connectivity index (χ0n) is 10.4. The maximum atomic E-state index is 6.23. The molecule has 0 aromatic rings. The van der Waals surface area contributed by atoms with E-state index in [-0.39, 0.29) is 0 Å². The van der Waals surface area contributed by atoms with Gasteiger partial charge in [-0.2, -0.15) is 0 Å². The van der Waals surface area contributed by atoms with Crippen LogP contribution in [0, 0.1) is 17.8 Å². The van der Waals surface area contributed by atoms with Crippen LogP contribution in [0.1, 0.15) is 39.5 Å². The standard InChI is InChI=1S/C13H26N2/c1-9-4-5-12(14)13(6-9)15(3)8-11-7-10(11)2/h9-13H,4-8,14H2,1-3H3. The van der Waals surface area contributed by atoms with Gasteiger partial charge in [-0.15, -0.1) is 0 Å². The summed E-state index contributed by atoms with van der Waals surface area (Å²) in [6.07, 6.45) is 5.28. The van der Waals surface area contributed by atoms with Crippen LogP contribution in [0.4, 0.5) is 0 Å². The number of nitrogens with zero attached hydrogens (tertiary/aromatic N) is 1. The van der Waals surface area contributed by atoms with E-state index in [0.717, 1.165) is 17.8 Å². The Morgan fingerprint density at radius 2 is 1.87 bits per heavy atom. The third-order valence-corrected chi connectivity index (χ3v) is 4.50. The molecule has 2 fully saturated rings. The molecule has 2 N–H and O–H groups in total. The van der Waals surface area contributed by atoms with E-state index in [2.05, 4.69) is 25.8 Å². The van der Waals surface area contributed by atoms with Gasteiger partial charge in [-0.3, -0.25) is 0 Å². The van der Waals surface area contributed by atoms with E-state index in [0.29, 0.717) is 12.1 Å². The first-order chi connectivity index (χ1) is 7.08. The molecule has 0 aliphatic heterocycles. The highest BCUT2D eigenvalue weighted by Gasteiger charge is 2.36. The molecule has 88 valence electrons. The van der Waals surface area contributed by atoms with Crippen LogP contribution in [0.15, 0.2) is 0 Å². The summed E-state index contributed by atoms with van der Waals surface area (Å²) >= 11 is 0. The third kappa shape index (κ3) is 2.73. The predicted molar refractivity (Wildman–Crippen MR) is 64.7 cm³/mol. The summed E-state index contributed by atoms with van der Waals surface area (Å²) in [7, 11) is 2.27. The fourth-order valence-corrected chi connectivity index (χ4v) is 3.04. The molecule has 0 aromatic carbocycles. The van der Waals surface area contributed by atoms with Crippen LogP contribution in [0.2, 0.25) is 0 Å². The van der Waals surface area contributed by atoms with E-state index in [1.807, 2.05) is 0 Å². The topological polar surface area (TPSA) is 29.3 Å². The van der Waals surface area contributed by atoms with E-state index >= 15 is 0 Å². The lowest BCUT2D eigenvalue weighted by Crippen LogP contribution is -2.50. The number of hydrogen-bond acceptors (Lipinski definition) is 2. The number of hydrogen-bond donors (Lipinski definition) is 1. The van der Waals surface area contributed by atoms with Crippen molar-refractivity contribution in [3.8, 4) is 0 Å². The molecule has 0 bridgehead atoms. The highest BCUT2D eigenvalue weighted by atomic mass is 15.2. The van der Waals surface area contributed by atoms with Gasteiger partial charge in [-0.05, 0) is 50.5 Å². The summed E-state index contributed by atoms with van der Waals surface area (Å²) in [5, 5.41) is 0. The summed E-state index contributed by atoms with van der Waals surface area (Å²) in [4.78, 5) is 2.54. The van der Waals surface area contributed by atoms with Crippen molar-refractivity contribution in [2.45, 2.75) is 51.6 Å². The quantitative estimate of drug-likeness (QED) is 0.773. The highest BCUT2D eigenvalue weighted by Crippen LogP contribution is 2.39. The lowest BCUT2D eigenvalue weighted by Gasteiger charge is -2.38. The third-order valence-electron chi connectivity index (χ3n) is 4.50. The summed E-state index contributed by atoms with van der Waals surface area (Å²) in [6, 6.07) is 1.06. The van der Waals surface area contributed by atoms with Gasteiger partial charge in [0.15, 0.2) is 0 Å². The van der Waals surface area contributed by atoms with Gasteiger partial charge in [-0.25, -0.2) is 0 Å². The Balaban J connectivity index is 1.84. The van der Waals surface area contributed by atoms with Gasteiger partial charge >= 0.3 is 0 Å². The van der Waals surface area contributed by atoms with Crippen LogP contribution >= 0.6 is 0 Å². The molecule has 2 heteroatoms. The normalized spacial score (nSPS) is 45.8. The zero-order chi connectivity index (χ0) is 11.0. The lowest BCUT2D eigenvalue weighted by molar-refractivity contribution is 0.136. The minimum Gasteiger partial charge on any atom is -0.326 e. The van der Waals surface area contributed by atoms with Crippen molar-refractivity contribution >= 4 is 0 Å². The minimum atomic E-state index is 0.417. The lowest BCUT2D eigenvalue weighted by atomic mass is 9.83. The van der Waals surface area contributed by atoms with Gasteiger partial charge in [-0.1, -0.05) is 13.8 Å². The van der Waals surface area contributed by atoms with Gasteiger partial charge in [0, 0.05) is 18.6 Å². The molecule has 0 heterocycles.